The molecule has 1 unspecified atom stereocenters. The van der Waals surface area contributed by atoms with Crippen LogP contribution >= 0.6 is 0 Å². The van der Waals surface area contributed by atoms with E-state index < -0.39 is 29.7 Å². The predicted octanol–water partition coefficient (Wildman–Crippen LogP) is 1.31. The molecule has 2 N–H and O–H groups in total. The maximum Gasteiger partial charge on any atom is 0.262 e. The largest absolute Gasteiger partial charge is 0.493 e. The summed E-state index contributed by atoms with van der Waals surface area (Å²) in [6.07, 6.45) is 3.54. The lowest BCUT2D eigenvalue weighted by atomic mass is 10.0. The number of hydrogen-bond donors (Lipinski definition) is 2. The maximum atomic E-state index is 12.9. The van der Waals surface area contributed by atoms with E-state index in [-0.39, 0.29) is 24.0 Å². The second-order valence-corrected chi connectivity index (χ2v) is 8.32. The van der Waals surface area contributed by atoms with Crippen LogP contribution in [0.3, 0.4) is 0 Å². The standard InChI is InChI=1S/C25H26N4O8/c30-15-27-16-3-8-22(26-14-16)37-12-2-10-35-9-1-11-36-17-4-5-18-19(13-17)25(34)29(24(18)33)20-6-7-21(31)28-23(20)32/h3-5,8,13-15,20H,1-2,6-7,9-12H2,(H,27,30)(H,28,31,32). The third kappa shape index (κ3) is 6.28. The quantitative estimate of drug-likeness (QED) is 0.231. The summed E-state index contributed by atoms with van der Waals surface area (Å²) in [5.74, 6) is -1.30. The fraction of sp³-hybridized carbons (Fsp3) is 0.360. The van der Waals surface area contributed by atoms with Gasteiger partial charge in [-0.15, -0.1) is 0 Å². The van der Waals surface area contributed by atoms with Crippen molar-refractivity contribution in [3.05, 3.63) is 47.7 Å². The Labute approximate surface area is 212 Å². The first-order chi connectivity index (χ1) is 18.0. The number of nitrogens with zero attached hydrogens (tertiary/aromatic N) is 2. The van der Waals surface area contributed by atoms with E-state index in [4.69, 9.17) is 14.2 Å². The first kappa shape index (κ1) is 25.8. The number of rotatable bonds is 13. The van der Waals surface area contributed by atoms with Gasteiger partial charge in [0.25, 0.3) is 11.8 Å². The van der Waals surface area contributed by atoms with E-state index in [9.17, 15) is 24.0 Å². The molecule has 0 radical (unpaired) electrons. The minimum absolute atomic E-state index is 0.0691. The molecule has 2 aromatic rings. The fourth-order valence-electron chi connectivity index (χ4n) is 3.95. The van der Waals surface area contributed by atoms with Gasteiger partial charge in [-0.2, -0.15) is 0 Å². The number of piperidine rings is 1. The summed E-state index contributed by atoms with van der Waals surface area (Å²) < 4.78 is 16.8. The van der Waals surface area contributed by atoms with Gasteiger partial charge in [0.1, 0.15) is 11.8 Å². The number of benzene rings is 1. The summed E-state index contributed by atoms with van der Waals surface area (Å²) in [6, 6.07) is 6.96. The Balaban J connectivity index is 1.14. The number of pyridine rings is 1. The monoisotopic (exact) mass is 510 g/mol. The van der Waals surface area contributed by atoms with Crippen LogP contribution in [0.4, 0.5) is 5.69 Å². The van der Waals surface area contributed by atoms with E-state index in [2.05, 4.69) is 15.6 Å². The molecule has 5 amide bonds. The highest BCUT2D eigenvalue weighted by Crippen LogP contribution is 2.30. The molecule has 3 heterocycles. The van der Waals surface area contributed by atoms with Gasteiger partial charge in [0, 0.05) is 38.5 Å². The molecule has 1 aromatic carbocycles. The zero-order valence-electron chi connectivity index (χ0n) is 19.9. The van der Waals surface area contributed by atoms with Crippen molar-refractivity contribution in [2.24, 2.45) is 0 Å². The molecule has 0 saturated carbocycles. The van der Waals surface area contributed by atoms with Gasteiger partial charge in [0.05, 0.1) is 36.2 Å². The summed E-state index contributed by atoms with van der Waals surface area (Å²) in [5, 5.41) is 4.67. The highest BCUT2D eigenvalue weighted by Gasteiger charge is 2.44. The van der Waals surface area contributed by atoms with Crippen molar-refractivity contribution >= 4 is 35.7 Å². The first-order valence-electron chi connectivity index (χ1n) is 11.8. The van der Waals surface area contributed by atoms with Crippen LogP contribution in [-0.2, 0) is 19.1 Å². The van der Waals surface area contributed by atoms with E-state index in [0.29, 0.717) is 63.0 Å². The molecule has 1 atom stereocenters. The van der Waals surface area contributed by atoms with Crippen LogP contribution in [0.1, 0.15) is 46.4 Å². The van der Waals surface area contributed by atoms with E-state index in [1.54, 1.807) is 18.2 Å². The Bertz CT molecular complexity index is 1180. The van der Waals surface area contributed by atoms with Crippen molar-refractivity contribution in [2.75, 3.05) is 31.7 Å². The van der Waals surface area contributed by atoms with Crippen molar-refractivity contribution in [3.63, 3.8) is 0 Å². The number of aromatic nitrogens is 1. The molecule has 12 heteroatoms. The van der Waals surface area contributed by atoms with Gasteiger partial charge in [-0.05, 0) is 30.7 Å². The molecule has 194 valence electrons. The molecule has 2 aliphatic heterocycles. The van der Waals surface area contributed by atoms with Crippen LogP contribution in [0.5, 0.6) is 11.6 Å². The molecule has 0 bridgehead atoms. The zero-order valence-corrected chi connectivity index (χ0v) is 19.9. The topological polar surface area (TPSA) is 153 Å². The van der Waals surface area contributed by atoms with E-state index in [0.717, 1.165) is 4.90 Å². The van der Waals surface area contributed by atoms with Crippen LogP contribution in [-0.4, -0.2) is 72.4 Å². The Kier molecular flexibility index (Phi) is 8.41. The van der Waals surface area contributed by atoms with Crippen molar-refractivity contribution < 1.29 is 38.2 Å². The third-order valence-corrected chi connectivity index (χ3v) is 5.76. The zero-order chi connectivity index (χ0) is 26.2. The molecule has 0 aliphatic carbocycles. The molecule has 37 heavy (non-hydrogen) atoms. The molecular weight excluding hydrogens is 484 g/mol. The SMILES string of the molecule is O=CNc1ccc(OCCCOCCCOc2ccc3c(c2)C(=O)N(C2CCC(=O)NC2=O)C3=O)nc1. The number of anilines is 1. The number of nitrogens with one attached hydrogen (secondary N) is 2. The lowest BCUT2D eigenvalue weighted by molar-refractivity contribution is -0.136. The van der Waals surface area contributed by atoms with Crippen molar-refractivity contribution in [1.82, 2.24) is 15.2 Å². The molecule has 4 rings (SSSR count). The number of carbonyl (C=O) groups excluding carboxylic acids is 5. The van der Waals surface area contributed by atoms with Crippen molar-refractivity contribution in [2.45, 2.75) is 31.7 Å². The van der Waals surface area contributed by atoms with Crippen LogP contribution in [0.25, 0.3) is 0 Å². The smallest absolute Gasteiger partial charge is 0.262 e. The highest BCUT2D eigenvalue weighted by atomic mass is 16.5. The van der Waals surface area contributed by atoms with E-state index >= 15 is 0 Å². The number of carbonyl (C=O) groups is 5. The first-order valence-corrected chi connectivity index (χ1v) is 11.8. The average molecular weight is 511 g/mol. The Hall–Kier alpha value is -4.32. The number of amides is 5. The number of imide groups is 2. The summed E-state index contributed by atoms with van der Waals surface area (Å²) in [6.45, 7) is 1.74. The summed E-state index contributed by atoms with van der Waals surface area (Å²) in [4.78, 5) is 64.5. The summed E-state index contributed by atoms with van der Waals surface area (Å²) in [7, 11) is 0. The Morgan fingerprint density at radius 2 is 1.73 bits per heavy atom. The van der Waals surface area contributed by atoms with Gasteiger partial charge in [-0.25, -0.2) is 4.98 Å². The second kappa shape index (κ2) is 12.1. The van der Waals surface area contributed by atoms with Gasteiger partial charge in [-0.1, -0.05) is 0 Å². The van der Waals surface area contributed by atoms with Gasteiger partial charge < -0.3 is 19.5 Å². The van der Waals surface area contributed by atoms with Gasteiger partial charge in [0.2, 0.25) is 24.1 Å². The number of ether oxygens (including phenoxy) is 3. The fourth-order valence-corrected chi connectivity index (χ4v) is 3.95. The minimum atomic E-state index is -1.00. The Morgan fingerprint density at radius 1 is 0.973 bits per heavy atom. The van der Waals surface area contributed by atoms with Gasteiger partial charge >= 0.3 is 0 Å². The molecule has 2 aliphatic rings. The lowest BCUT2D eigenvalue weighted by Gasteiger charge is -2.27. The highest BCUT2D eigenvalue weighted by molar-refractivity contribution is 6.23. The number of fused-ring (bicyclic) bond motifs is 1. The van der Waals surface area contributed by atoms with Gasteiger partial charge in [-0.3, -0.25) is 34.2 Å². The van der Waals surface area contributed by atoms with Crippen LogP contribution in [0.15, 0.2) is 36.5 Å². The Morgan fingerprint density at radius 3 is 2.43 bits per heavy atom. The normalized spacial score (nSPS) is 16.9. The molecule has 1 aromatic heterocycles. The molecular formula is C25H26N4O8. The predicted molar refractivity (Wildman–Crippen MR) is 128 cm³/mol. The van der Waals surface area contributed by atoms with E-state index in [1.165, 1.54) is 18.3 Å². The molecule has 1 fully saturated rings. The molecule has 0 spiro atoms. The van der Waals surface area contributed by atoms with Crippen LogP contribution in [0.2, 0.25) is 0 Å². The molecule has 1 saturated heterocycles. The van der Waals surface area contributed by atoms with Gasteiger partial charge in [0.15, 0.2) is 0 Å². The van der Waals surface area contributed by atoms with E-state index in [1.807, 2.05) is 0 Å². The van der Waals surface area contributed by atoms with Crippen LogP contribution in [0, 0.1) is 0 Å². The maximum absolute atomic E-state index is 12.9. The van der Waals surface area contributed by atoms with Crippen molar-refractivity contribution in [1.29, 1.82) is 0 Å². The molecule has 12 nitrogen and oxygen atoms in total. The van der Waals surface area contributed by atoms with Crippen molar-refractivity contribution in [3.8, 4) is 11.6 Å². The van der Waals surface area contributed by atoms with Crippen LogP contribution < -0.4 is 20.1 Å². The third-order valence-electron chi connectivity index (χ3n) is 5.76. The second-order valence-electron chi connectivity index (χ2n) is 8.32. The number of hydrogen-bond acceptors (Lipinski definition) is 9. The summed E-state index contributed by atoms with van der Waals surface area (Å²) in [5.41, 5.74) is 0.964. The lowest BCUT2D eigenvalue weighted by Crippen LogP contribution is -2.54. The summed E-state index contributed by atoms with van der Waals surface area (Å²) >= 11 is 0. The minimum Gasteiger partial charge on any atom is -0.493 e. The average Bonchev–Trinajstić information content (AvgIpc) is 3.13.